The molecule has 0 aliphatic heterocycles. The normalized spacial score (nSPS) is 13.2. The van der Waals surface area contributed by atoms with Crippen molar-refractivity contribution in [1.29, 1.82) is 0 Å². The third-order valence-corrected chi connectivity index (χ3v) is 1.03. The Labute approximate surface area is 59.2 Å². The first-order valence-corrected chi connectivity index (χ1v) is 2.60. The molecule has 0 atom stereocenters. The topological polar surface area (TPSA) is 34.1 Å². The van der Waals surface area contributed by atoms with Gasteiger partial charge in [-0.1, -0.05) is 5.92 Å². The van der Waals surface area contributed by atoms with Crippen LogP contribution in [0.2, 0.25) is 0 Å². The summed E-state index contributed by atoms with van der Waals surface area (Å²) in [5.74, 6) is 5.28. The van der Waals surface area contributed by atoms with E-state index in [1.165, 1.54) is 11.9 Å². The van der Waals surface area contributed by atoms with Crippen LogP contribution < -0.4 is 0 Å². The summed E-state index contributed by atoms with van der Waals surface area (Å²) in [4.78, 5) is 19.7. The molecule has 0 heterocycles. The van der Waals surface area contributed by atoms with Gasteiger partial charge in [0.25, 0.3) is 0 Å². The summed E-state index contributed by atoms with van der Waals surface area (Å²) in [5, 5.41) is 0. The fourth-order valence-corrected chi connectivity index (χ4v) is 0.370. The molecule has 0 spiro atoms. The molecule has 2 nitrogen and oxygen atoms in total. The molecule has 2 heteroatoms. The van der Waals surface area contributed by atoms with Gasteiger partial charge in [-0.15, -0.1) is 6.42 Å². The minimum Gasteiger partial charge on any atom is -0.234 e. The largest absolute Gasteiger partial charge is 0.234 e. The molecular formula is C8H6O2. The van der Waals surface area contributed by atoms with Crippen LogP contribution in [0.15, 0.2) is 12.2 Å². The van der Waals surface area contributed by atoms with Crippen molar-refractivity contribution in [1.82, 2.24) is 0 Å². The summed E-state index contributed by atoms with van der Waals surface area (Å²) in [6.45, 7) is 1.54. The third kappa shape index (κ3) is 2.15. The number of hydrogen-bond donors (Lipinski definition) is 0. The number of rotatable bonds is 2. The van der Waals surface area contributed by atoms with Crippen molar-refractivity contribution < 1.29 is 9.59 Å². The van der Waals surface area contributed by atoms with Gasteiger partial charge in [0.15, 0.2) is 0 Å². The molecule has 0 aromatic carbocycles. The van der Waals surface area contributed by atoms with Gasteiger partial charge in [-0.2, -0.15) is 0 Å². The maximum atomic E-state index is 9.83. The summed E-state index contributed by atoms with van der Waals surface area (Å²) in [6, 6.07) is 0. The molecule has 0 fully saturated rings. The van der Waals surface area contributed by atoms with E-state index in [-0.39, 0.29) is 0 Å². The van der Waals surface area contributed by atoms with Gasteiger partial charge in [-0.25, -0.2) is 9.59 Å². The Balaban J connectivity index is 4.75. The van der Waals surface area contributed by atoms with E-state index < -0.39 is 5.41 Å². The lowest BCUT2D eigenvalue weighted by molar-refractivity contribution is 0.561. The van der Waals surface area contributed by atoms with Crippen LogP contribution in [0.3, 0.4) is 0 Å². The first kappa shape index (κ1) is 8.46. The van der Waals surface area contributed by atoms with Gasteiger partial charge < -0.3 is 0 Å². The Morgan fingerprint density at radius 2 is 1.70 bits per heavy atom. The Bertz CT molecular complexity index is 227. The number of carbonyl (C=O) groups excluding carboxylic acids is 2. The Morgan fingerprint density at radius 1 is 1.30 bits per heavy atom. The van der Waals surface area contributed by atoms with Crippen molar-refractivity contribution in [3.8, 4) is 12.3 Å². The SMILES string of the molecule is C#CC(C)(C=C=O)C=C=O. The van der Waals surface area contributed by atoms with Crippen molar-refractivity contribution in [2.45, 2.75) is 6.92 Å². The van der Waals surface area contributed by atoms with E-state index in [1.54, 1.807) is 6.92 Å². The van der Waals surface area contributed by atoms with Crippen LogP contribution in [0, 0.1) is 17.8 Å². The van der Waals surface area contributed by atoms with E-state index in [1.807, 2.05) is 0 Å². The van der Waals surface area contributed by atoms with E-state index >= 15 is 0 Å². The highest BCUT2D eigenvalue weighted by Gasteiger charge is 2.13. The van der Waals surface area contributed by atoms with E-state index in [9.17, 15) is 9.59 Å². The predicted molar refractivity (Wildman–Crippen MR) is 37.5 cm³/mol. The van der Waals surface area contributed by atoms with Crippen LogP contribution in [0.1, 0.15) is 6.92 Å². The predicted octanol–water partition coefficient (Wildman–Crippen LogP) is 0.401. The standard InChI is InChI=1S/C8H6O2/c1-3-8(2,4-6-9)5-7-10/h1,4-5H,2H3. The molecule has 0 bridgehead atoms. The fourth-order valence-electron chi connectivity index (χ4n) is 0.370. The van der Waals surface area contributed by atoms with E-state index in [0.29, 0.717) is 0 Å². The van der Waals surface area contributed by atoms with Crippen molar-refractivity contribution in [2.75, 3.05) is 0 Å². The summed E-state index contributed by atoms with van der Waals surface area (Å²) in [5.41, 5.74) is -0.927. The summed E-state index contributed by atoms with van der Waals surface area (Å²) in [6.07, 6.45) is 7.20. The van der Waals surface area contributed by atoms with Gasteiger partial charge in [0.1, 0.15) is 11.9 Å². The molecule has 0 aromatic rings. The summed E-state index contributed by atoms with van der Waals surface area (Å²) in [7, 11) is 0. The maximum Gasteiger partial charge on any atom is 0.121 e. The van der Waals surface area contributed by atoms with Crippen molar-refractivity contribution >= 4 is 11.9 Å². The number of terminal acetylenes is 1. The molecule has 0 aromatic heterocycles. The monoisotopic (exact) mass is 134 g/mol. The van der Waals surface area contributed by atoms with Crippen molar-refractivity contribution in [3.05, 3.63) is 12.2 Å². The first-order valence-electron chi connectivity index (χ1n) is 2.60. The minimum absolute atomic E-state index is 0.927. The lowest BCUT2D eigenvalue weighted by Crippen LogP contribution is -2.05. The average Bonchev–Trinajstić information content (AvgIpc) is 1.89. The quantitative estimate of drug-likeness (QED) is 0.404. The molecular weight excluding hydrogens is 128 g/mol. The highest BCUT2D eigenvalue weighted by atomic mass is 16.1. The molecule has 0 saturated carbocycles. The maximum absolute atomic E-state index is 9.83. The molecule has 0 unspecified atom stereocenters. The van der Waals surface area contributed by atoms with Crippen molar-refractivity contribution in [3.63, 3.8) is 0 Å². The third-order valence-electron chi connectivity index (χ3n) is 1.03. The second-order valence-corrected chi connectivity index (χ2v) is 1.95. The van der Waals surface area contributed by atoms with Gasteiger partial charge >= 0.3 is 0 Å². The van der Waals surface area contributed by atoms with E-state index in [0.717, 1.165) is 12.2 Å². The van der Waals surface area contributed by atoms with Crippen molar-refractivity contribution in [2.24, 2.45) is 5.41 Å². The van der Waals surface area contributed by atoms with Crippen LogP contribution in [-0.2, 0) is 9.59 Å². The molecule has 0 radical (unpaired) electrons. The van der Waals surface area contributed by atoms with Crippen LogP contribution >= 0.6 is 0 Å². The van der Waals surface area contributed by atoms with Gasteiger partial charge in [-0.05, 0) is 6.92 Å². The second kappa shape index (κ2) is 3.48. The Hall–Kier alpha value is -1.54. The second-order valence-electron chi connectivity index (χ2n) is 1.95. The molecule has 0 N–H and O–H groups in total. The summed E-state index contributed by atoms with van der Waals surface area (Å²) < 4.78 is 0. The van der Waals surface area contributed by atoms with Crippen LogP contribution in [0.5, 0.6) is 0 Å². The number of allylic oxidation sites excluding steroid dienone is 2. The van der Waals surface area contributed by atoms with Gasteiger partial charge in [0.05, 0.1) is 5.41 Å². The number of hydrogen-bond acceptors (Lipinski definition) is 2. The molecule has 10 heavy (non-hydrogen) atoms. The smallest absolute Gasteiger partial charge is 0.121 e. The molecule has 0 amide bonds. The Morgan fingerprint density at radius 3 is 1.90 bits per heavy atom. The van der Waals surface area contributed by atoms with Crippen LogP contribution in [0.25, 0.3) is 0 Å². The molecule has 50 valence electrons. The Kier molecular flexibility index (Phi) is 2.94. The lowest BCUT2D eigenvalue weighted by Gasteiger charge is -2.06. The zero-order chi connectivity index (χ0) is 8.04. The van der Waals surface area contributed by atoms with Gasteiger partial charge in [-0.3, -0.25) is 0 Å². The minimum atomic E-state index is -0.927. The summed E-state index contributed by atoms with van der Waals surface area (Å²) >= 11 is 0. The average molecular weight is 134 g/mol. The molecule has 0 saturated heterocycles. The molecule has 0 rings (SSSR count). The zero-order valence-electron chi connectivity index (χ0n) is 5.55. The molecule has 0 aliphatic carbocycles. The van der Waals surface area contributed by atoms with Gasteiger partial charge in [0, 0.05) is 12.2 Å². The van der Waals surface area contributed by atoms with E-state index in [2.05, 4.69) is 5.92 Å². The zero-order valence-corrected chi connectivity index (χ0v) is 5.55. The first-order chi connectivity index (χ1) is 4.68. The molecule has 0 aliphatic rings. The van der Waals surface area contributed by atoms with Crippen LogP contribution in [0.4, 0.5) is 0 Å². The van der Waals surface area contributed by atoms with Crippen LogP contribution in [-0.4, -0.2) is 11.9 Å². The van der Waals surface area contributed by atoms with E-state index in [4.69, 9.17) is 6.42 Å². The van der Waals surface area contributed by atoms with Gasteiger partial charge in [0.2, 0.25) is 0 Å². The fraction of sp³-hybridized carbons (Fsp3) is 0.250. The highest BCUT2D eigenvalue weighted by Crippen LogP contribution is 2.14. The highest BCUT2D eigenvalue weighted by molar-refractivity contribution is 5.57. The lowest BCUT2D eigenvalue weighted by atomic mass is 9.93.